The molecule has 2 aromatic heterocycles. The van der Waals surface area contributed by atoms with E-state index in [1.807, 2.05) is 24.3 Å². The van der Waals surface area contributed by atoms with E-state index in [9.17, 15) is 15.2 Å². The summed E-state index contributed by atoms with van der Waals surface area (Å²) in [7, 11) is 0. The number of hydrogen-bond acceptors (Lipinski definition) is 4. The second kappa shape index (κ2) is 7.22. The number of nitrogens with zero attached hydrogens (tertiary/aromatic N) is 2. The number of H-pyrrole nitrogens is 1. The zero-order valence-corrected chi connectivity index (χ0v) is 14.8. The number of phenols is 1. The maximum atomic E-state index is 12.9. The lowest BCUT2D eigenvalue weighted by atomic mass is 9.89. The predicted molar refractivity (Wildman–Crippen MR) is 108 cm³/mol. The first-order valence-electron chi connectivity index (χ1n) is 8.65. The first-order chi connectivity index (χ1) is 13.7. The second-order valence-corrected chi connectivity index (χ2v) is 6.20. The molecule has 0 spiro atoms. The Morgan fingerprint density at radius 2 is 1.75 bits per heavy atom. The molecule has 0 aliphatic rings. The lowest BCUT2D eigenvalue weighted by Crippen LogP contribution is -2.12. The normalized spacial score (nSPS) is 10.4. The van der Waals surface area contributed by atoms with Crippen molar-refractivity contribution in [1.29, 1.82) is 5.26 Å². The van der Waals surface area contributed by atoms with Crippen LogP contribution in [-0.2, 0) is 0 Å². The molecule has 0 saturated carbocycles. The third-order valence-electron chi connectivity index (χ3n) is 4.49. The molecular formula is C23H15N3O2. The summed E-state index contributed by atoms with van der Waals surface area (Å²) in [6.07, 6.45) is 3.29. The summed E-state index contributed by atoms with van der Waals surface area (Å²) in [6.45, 7) is 0. The average Bonchev–Trinajstić information content (AvgIpc) is 2.74. The quantitative estimate of drug-likeness (QED) is 0.565. The highest BCUT2D eigenvalue weighted by Crippen LogP contribution is 2.38. The van der Waals surface area contributed by atoms with Crippen LogP contribution in [0.4, 0.5) is 0 Å². The number of nitrogens with one attached hydrogen (secondary N) is 1. The van der Waals surface area contributed by atoms with Gasteiger partial charge in [0.25, 0.3) is 5.56 Å². The van der Waals surface area contributed by atoms with E-state index in [1.54, 1.807) is 54.9 Å². The van der Waals surface area contributed by atoms with Gasteiger partial charge in [-0.1, -0.05) is 36.4 Å². The van der Waals surface area contributed by atoms with Crippen LogP contribution in [-0.4, -0.2) is 15.1 Å². The van der Waals surface area contributed by atoms with Crippen LogP contribution in [0.2, 0.25) is 0 Å². The van der Waals surface area contributed by atoms with Crippen molar-refractivity contribution in [3.63, 3.8) is 0 Å². The van der Waals surface area contributed by atoms with Gasteiger partial charge in [0.2, 0.25) is 0 Å². The molecule has 4 aromatic rings. The summed E-state index contributed by atoms with van der Waals surface area (Å²) in [5, 5.41) is 19.6. The fraction of sp³-hybridized carbons (Fsp3) is 0. The maximum Gasteiger partial charge on any atom is 0.256 e. The highest BCUT2D eigenvalue weighted by atomic mass is 16.3. The van der Waals surface area contributed by atoms with Crippen LogP contribution in [0.5, 0.6) is 5.75 Å². The summed E-state index contributed by atoms with van der Waals surface area (Å²) >= 11 is 0. The van der Waals surface area contributed by atoms with Crippen LogP contribution in [0, 0.1) is 11.3 Å². The van der Waals surface area contributed by atoms with E-state index in [0.29, 0.717) is 39.1 Å². The first-order valence-corrected chi connectivity index (χ1v) is 8.65. The number of aromatic hydroxyl groups is 1. The molecule has 0 unspecified atom stereocenters. The van der Waals surface area contributed by atoms with Crippen molar-refractivity contribution in [2.24, 2.45) is 0 Å². The molecule has 0 aliphatic heterocycles. The average molecular weight is 365 g/mol. The predicted octanol–water partition coefficient (Wildman–Crippen LogP) is 4.35. The molecule has 2 heterocycles. The van der Waals surface area contributed by atoms with Gasteiger partial charge < -0.3 is 10.1 Å². The van der Waals surface area contributed by atoms with Gasteiger partial charge in [-0.15, -0.1) is 0 Å². The zero-order valence-electron chi connectivity index (χ0n) is 14.8. The summed E-state index contributed by atoms with van der Waals surface area (Å²) in [5.41, 5.74) is 3.62. The number of pyridine rings is 2. The molecular weight excluding hydrogens is 350 g/mol. The SMILES string of the molecule is N#Cc1ccccc1-c1c(-c2cccc(O)c2)c(-c2ccccn2)c[nH]c1=O. The van der Waals surface area contributed by atoms with Gasteiger partial charge in [-0.2, -0.15) is 5.26 Å². The monoisotopic (exact) mass is 365 g/mol. The van der Waals surface area contributed by atoms with E-state index >= 15 is 0 Å². The fourth-order valence-corrected chi connectivity index (χ4v) is 3.27. The third-order valence-corrected chi connectivity index (χ3v) is 4.49. The molecule has 0 amide bonds. The third kappa shape index (κ3) is 3.04. The molecule has 134 valence electrons. The number of benzene rings is 2. The number of aromatic nitrogens is 2. The van der Waals surface area contributed by atoms with Crippen molar-refractivity contribution in [3.8, 4) is 45.3 Å². The number of rotatable bonds is 3. The Morgan fingerprint density at radius 1 is 0.929 bits per heavy atom. The summed E-state index contributed by atoms with van der Waals surface area (Å²) < 4.78 is 0. The van der Waals surface area contributed by atoms with Gasteiger partial charge in [-0.05, 0) is 35.9 Å². The van der Waals surface area contributed by atoms with E-state index in [0.717, 1.165) is 0 Å². The van der Waals surface area contributed by atoms with E-state index in [4.69, 9.17) is 0 Å². The Bertz CT molecular complexity index is 1250. The number of aromatic amines is 1. The molecule has 2 N–H and O–H groups in total. The highest BCUT2D eigenvalue weighted by molar-refractivity contribution is 5.94. The minimum absolute atomic E-state index is 0.0873. The number of phenolic OH excluding ortho intramolecular Hbond substituents is 1. The van der Waals surface area contributed by atoms with Crippen molar-refractivity contribution >= 4 is 0 Å². The molecule has 0 saturated heterocycles. The Kier molecular flexibility index (Phi) is 4.45. The van der Waals surface area contributed by atoms with Gasteiger partial charge >= 0.3 is 0 Å². The maximum absolute atomic E-state index is 12.9. The number of nitriles is 1. The Labute approximate surface area is 161 Å². The van der Waals surface area contributed by atoms with Crippen LogP contribution in [0.25, 0.3) is 33.5 Å². The second-order valence-electron chi connectivity index (χ2n) is 6.20. The molecule has 0 bridgehead atoms. The van der Waals surface area contributed by atoms with E-state index < -0.39 is 0 Å². The summed E-state index contributed by atoms with van der Waals surface area (Å²) in [6, 6.07) is 21.3. The summed E-state index contributed by atoms with van der Waals surface area (Å²) in [5.74, 6) is 0.0873. The molecule has 4 rings (SSSR count). The molecule has 2 aromatic carbocycles. The smallest absolute Gasteiger partial charge is 0.256 e. The molecule has 0 radical (unpaired) electrons. The van der Waals surface area contributed by atoms with Crippen LogP contribution in [0.1, 0.15) is 5.56 Å². The van der Waals surface area contributed by atoms with Gasteiger partial charge in [0.1, 0.15) is 5.75 Å². The van der Waals surface area contributed by atoms with Crippen molar-refractivity contribution in [2.45, 2.75) is 0 Å². The van der Waals surface area contributed by atoms with Gasteiger partial charge in [0.05, 0.1) is 22.9 Å². The van der Waals surface area contributed by atoms with Gasteiger partial charge in [0.15, 0.2) is 0 Å². The van der Waals surface area contributed by atoms with Crippen LogP contribution in [0.3, 0.4) is 0 Å². The largest absolute Gasteiger partial charge is 0.508 e. The van der Waals surface area contributed by atoms with Crippen LogP contribution < -0.4 is 5.56 Å². The number of hydrogen-bond donors (Lipinski definition) is 2. The summed E-state index contributed by atoms with van der Waals surface area (Å²) in [4.78, 5) is 20.1. The minimum Gasteiger partial charge on any atom is -0.508 e. The van der Waals surface area contributed by atoms with Gasteiger partial charge in [0, 0.05) is 29.1 Å². The van der Waals surface area contributed by atoms with Crippen LogP contribution >= 0.6 is 0 Å². The van der Waals surface area contributed by atoms with Crippen molar-refractivity contribution in [2.75, 3.05) is 0 Å². The minimum atomic E-state index is -0.319. The molecule has 0 aliphatic carbocycles. The zero-order chi connectivity index (χ0) is 19.5. The van der Waals surface area contributed by atoms with E-state index in [-0.39, 0.29) is 11.3 Å². The fourth-order valence-electron chi connectivity index (χ4n) is 3.27. The molecule has 0 fully saturated rings. The highest BCUT2D eigenvalue weighted by Gasteiger charge is 2.20. The van der Waals surface area contributed by atoms with E-state index in [2.05, 4.69) is 16.0 Å². The molecule has 0 atom stereocenters. The Balaban J connectivity index is 2.15. The van der Waals surface area contributed by atoms with Gasteiger partial charge in [-0.25, -0.2) is 0 Å². The first kappa shape index (κ1) is 17.3. The Hall–Kier alpha value is -4.17. The van der Waals surface area contributed by atoms with E-state index in [1.165, 1.54) is 0 Å². The van der Waals surface area contributed by atoms with Crippen molar-refractivity contribution in [1.82, 2.24) is 9.97 Å². The Morgan fingerprint density at radius 3 is 2.50 bits per heavy atom. The molecule has 28 heavy (non-hydrogen) atoms. The lowest BCUT2D eigenvalue weighted by molar-refractivity contribution is 0.475. The lowest BCUT2D eigenvalue weighted by Gasteiger charge is -2.15. The molecule has 5 nitrogen and oxygen atoms in total. The van der Waals surface area contributed by atoms with Gasteiger partial charge in [-0.3, -0.25) is 9.78 Å². The van der Waals surface area contributed by atoms with Crippen molar-refractivity contribution < 1.29 is 5.11 Å². The topological polar surface area (TPSA) is 89.8 Å². The standard InChI is InChI=1S/C23H15N3O2/c24-13-16-6-1-2-9-18(16)22-21(15-7-5-8-17(27)12-15)19(14-26-23(22)28)20-10-3-4-11-25-20/h1-12,14,27H,(H,26,28). The van der Waals surface area contributed by atoms with Crippen molar-refractivity contribution in [3.05, 3.63) is 95.0 Å². The van der Waals surface area contributed by atoms with Crippen LogP contribution in [0.15, 0.2) is 83.9 Å². The molecule has 5 heteroatoms.